The van der Waals surface area contributed by atoms with Crippen molar-refractivity contribution in [3.05, 3.63) is 97.9 Å². The SMILES string of the molecule is COC(=O)c1ccc(CCn2c(/C=C/c3ccccc3O)c(Cl)cc(C)c2=O)cc1. The van der Waals surface area contributed by atoms with Crippen LogP contribution in [-0.4, -0.2) is 22.8 Å². The summed E-state index contributed by atoms with van der Waals surface area (Å²) in [5.41, 5.74) is 3.09. The number of ether oxygens (including phenoxy) is 1. The summed E-state index contributed by atoms with van der Waals surface area (Å²) in [6.45, 7) is 2.14. The monoisotopic (exact) mass is 423 g/mol. The number of benzene rings is 2. The highest BCUT2D eigenvalue weighted by Crippen LogP contribution is 2.22. The lowest BCUT2D eigenvalue weighted by Crippen LogP contribution is -2.25. The maximum Gasteiger partial charge on any atom is 0.337 e. The van der Waals surface area contributed by atoms with E-state index in [1.165, 1.54) is 7.11 Å². The molecule has 3 aromatic rings. The summed E-state index contributed by atoms with van der Waals surface area (Å²) in [6.07, 6.45) is 4.05. The van der Waals surface area contributed by atoms with Crippen LogP contribution in [0.2, 0.25) is 5.02 Å². The molecule has 5 nitrogen and oxygen atoms in total. The summed E-state index contributed by atoms with van der Waals surface area (Å²) in [4.78, 5) is 24.4. The van der Waals surface area contributed by atoms with Crippen molar-refractivity contribution in [2.24, 2.45) is 0 Å². The lowest BCUT2D eigenvalue weighted by Gasteiger charge is -2.14. The Bertz CT molecular complexity index is 1150. The van der Waals surface area contributed by atoms with Crippen LogP contribution >= 0.6 is 11.6 Å². The number of aryl methyl sites for hydroxylation is 2. The van der Waals surface area contributed by atoms with E-state index in [0.29, 0.717) is 40.4 Å². The molecule has 0 aliphatic heterocycles. The molecule has 0 aliphatic carbocycles. The summed E-state index contributed by atoms with van der Waals surface area (Å²) in [5.74, 6) is -0.239. The van der Waals surface area contributed by atoms with Crippen molar-refractivity contribution in [2.75, 3.05) is 7.11 Å². The number of carbonyl (C=O) groups excluding carboxylic acids is 1. The molecule has 2 aromatic carbocycles. The van der Waals surface area contributed by atoms with Crippen molar-refractivity contribution in [3.63, 3.8) is 0 Å². The Labute approximate surface area is 179 Å². The number of aromatic nitrogens is 1. The van der Waals surface area contributed by atoms with Crippen molar-refractivity contribution in [1.29, 1.82) is 0 Å². The number of esters is 1. The zero-order chi connectivity index (χ0) is 21.7. The Morgan fingerprint density at radius 2 is 1.83 bits per heavy atom. The Kier molecular flexibility index (Phi) is 6.75. The minimum Gasteiger partial charge on any atom is -0.507 e. The fraction of sp³-hybridized carbons (Fsp3) is 0.167. The predicted octanol–water partition coefficient (Wildman–Crippen LogP) is 4.72. The number of halogens is 1. The van der Waals surface area contributed by atoms with E-state index in [9.17, 15) is 14.7 Å². The second-order valence-corrected chi connectivity index (χ2v) is 7.26. The third-order valence-corrected chi connectivity index (χ3v) is 5.12. The fourth-order valence-corrected chi connectivity index (χ4v) is 3.46. The number of hydrogen-bond acceptors (Lipinski definition) is 4. The molecule has 6 heteroatoms. The van der Waals surface area contributed by atoms with E-state index < -0.39 is 0 Å². The molecule has 0 unspecified atom stereocenters. The van der Waals surface area contributed by atoms with E-state index in [2.05, 4.69) is 0 Å². The van der Waals surface area contributed by atoms with Gasteiger partial charge in [-0.1, -0.05) is 41.9 Å². The van der Waals surface area contributed by atoms with E-state index in [-0.39, 0.29) is 17.3 Å². The van der Waals surface area contributed by atoms with E-state index >= 15 is 0 Å². The molecule has 154 valence electrons. The molecule has 0 radical (unpaired) electrons. The number of carbonyl (C=O) groups is 1. The first-order valence-corrected chi connectivity index (χ1v) is 9.81. The van der Waals surface area contributed by atoms with Crippen molar-refractivity contribution >= 4 is 29.7 Å². The molecule has 0 saturated heterocycles. The molecule has 30 heavy (non-hydrogen) atoms. The second kappa shape index (κ2) is 9.46. The number of phenolic OH excluding ortho intramolecular Hbond substituents is 1. The van der Waals surface area contributed by atoms with Crippen LogP contribution in [0.15, 0.2) is 59.4 Å². The molecule has 1 aromatic heterocycles. The minimum absolute atomic E-state index is 0.123. The molecular formula is C24H22ClNO4. The summed E-state index contributed by atoms with van der Waals surface area (Å²) in [6, 6.07) is 15.7. The molecule has 0 fully saturated rings. The number of aromatic hydroxyl groups is 1. The molecule has 0 amide bonds. The highest BCUT2D eigenvalue weighted by Gasteiger charge is 2.11. The number of para-hydroxylation sites is 1. The average Bonchev–Trinajstić information content (AvgIpc) is 2.75. The molecular weight excluding hydrogens is 402 g/mol. The molecule has 3 rings (SSSR count). The Morgan fingerprint density at radius 3 is 2.50 bits per heavy atom. The fourth-order valence-electron chi connectivity index (χ4n) is 3.13. The zero-order valence-corrected chi connectivity index (χ0v) is 17.5. The number of phenols is 1. The highest BCUT2D eigenvalue weighted by atomic mass is 35.5. The van der Waals surface area contributed by atoms with Gasteiger partial charge in [-0.15, -0.1) is 0 Å². The van der Waals surface area contributed by atoms with Gasteiger partial charge in [0, 0.05) is 17.7 Å². The van der Waals surface area contributed by atoms with Gasteiger partial charge >= 0.3 is 5.97 Å². The highest BCUT2D eigenvalue weighted by molar-refractivity contribution is 6.32. The molecule has 1 N–H and O–H groups in total. The third-order valence-electron chi connectivity index (χ3n) is 4.82. The van der Waals surface area contributed by atoms with Gasteiger partial charge in [-0.3, -0.25) is 4.79 Å². The summed E-state index contributed by atoms with van der Waals surface area (Å²) >= 11 is 6.44. The molecule has 0 atom stereocenters. The number of methoxy groups -OCH3 is 1. The molecule has 0 spiro atoms. The van der Waals surface area contributed by atoms with Crippen LogP contribution in [0, 0.1) is 6.92 Å². The molecule has 0 saturated carbocycles. The smallest absolute Gasteiger partial charge is 0.337 e. The van der Waals surface area contributed by atoms with Crippen molar-refractivity contribution in [1.82, 2.24) is 4.57 Å². The van der Waals surface area contributed by atoms with Gasteiger partial charge in [-0.25, -0.2) is 4.79 Å². The van der Waals surface area contributed by atoms with Gasteiger partial charge < -0.3 is 14.4 Å². The van der Waals surface area contributed by atoms with Gasteiger partial charge in [0.2, 0.25) is 0 Å². The molecule has 0 aliphatic rings. The standard InChI is InChI=1S/C24H22ClNO4/c1-16-15-20(25)21(12-11-18-5-3-4-6-22(18)27)26(23(16)28)14-13-17-7-9-19(10-8-17)24(29)30-2/h3-12,15,27H,13-14H2,1-2H3/b12-11+. The first-order valence-electron chi connectivity index (χ1n) is 9.44. The van der Waals surface area contributed by atoms with Crippen molar-refractivity contribution in [2.45, 2.75) is 19.9 Å². The van der Waals surface area contributed by atoms with Crippen LogP contribution in [0.1, 0.15) is 32.7 Å². The second-order valence-electron chi connectivity index (χ2n) is 6.85. The Morgan fingerprint density at radius 1 is 1.13 bits per heavy atom. The number of nitrogens with zero attached hydrogens (tertiary/aromatic N) is 1. The maximum absolute atomic E-state index is 12.8. The zero-order valence-electron chi connectivity index (χ0n) is 16.8. The summed E-state index contributed by atoms with van der Waals surface area (Å²) in [5, 5.41) is 10.4. The quantitative estimate of drug-likeness (QED) is 0.583. The van der Waals surface area contributed by atoms with Gasteiger partial charge in [-0.2, -0.15) is 0 Å². The van der Waals surface area contributed by atoms with Crippen LogP contribution in [0.5, 0.6) is 5.75 Å². The van der Waals surface area contributed by atoms with Crippen LogP contribution in [0.3, 0.4) is 0 Å². The normalized spacial score (nSPS) is 11.0. The first-order chi connectivity index (χ1) is 14.4. The minimum atomic E-state index is -0.389. The lowest BCUT2D eigenvalue weighted by atomic mass is 10.1. The maximum atomic E-state index is 12.8. The van der Waals surface area contributed by atoms with Crippen molar-refractivity contribution < 1.29 is 14.6 Å². The van der Waals surface area contributed by atoms with E-state index in [0.717, 1.165) is 5.56 Å². The largest absolute Gasteiger partial charge is 0.507 e. The topological polar surface area (TPSA) is 68.5 Å². The predicted molar refractivity (Wildman–Crippen MR) is 119 cm³/mol. The van der Waals surface area contributed by atoms with Gasteiger partial charge in [0.15, 0.2) is 0 Å². The number of pyridine rings is 1. The number of rotatable bonds is 6. The van der Waals surface area contributed by atoms with Gasteiger partial charge in [0.1, 0.15) is 5.75 Å². The number of hydrogen-bond donors (Lipinski definition) is 1. The van der Waals surface area contributed by atoms with Crippen molar-refractivity contribution in [3.8, 4) is 5.75 Å². The van der Waals surface area contributed by atoms with Gasteiger partial charge in [-0.05, 0) is 55.3 Å². The lowest BCUT2D eigenvalue weighted by molar-refractivity contribution is 0.0600. The Balaban J connectivity index is 1.89. The van der Waals surface area contributed by atoms with Crippen LogP contribution in [0.4, 0.5) is 0 Å². The Hall–Kier alpha value is -3.31. The van der Waals surface area contributed by atoms with E-state index in [1.807, 2.05) is 18.2 Å². The average molecular weight is 424 g/mol. The molecule has 0 bridgehead atoms. The van der Waals surface area contributed by atoms with Crippen LogP contribution in [-0.2, 0) is 17.7 Å². The van der Waals surface area contributed by atoms with Gasteiger partial charge in [0.25, 0.3) is 5.56 Å². The summed E-state index contributed by atoms with van der Waals surface area (Å²) < 4.78 is 6.34. The van der Waals surface area contributed by atoms with Gasteiger partial charge in [0.05, 0.1) is 23.4 Å². The van der Waals surface area contributed by atoms with E-state index in [1.54, 1.807) is 60.0 Å². The summed E-state index contributed by atoms with van der Waals surface area (Å²) in [7, 11) is 1.34. The third kappa shape index (κ3) is 4.81. The van der Waals surface area contributed by atoms with E-state index in [4.69, 9.17) is 16.3 Å². The first kappa shape index (κ1) is 21.4. The van der Waals surface area contributed by atoms with Crippen LogP contribution in [0.25, 0.3) is 12.2 Å². The molecule has 1 heterocycles. The van der Waals surface area contributed by atoms with Crippen LogP contribution < -0.4 is 5.56 Å².